The minimum absolute atomic E-state index is 0.434. The molecule has 21 heavy (non-hydrogen) atoms. The van der Waals surface area contributed by atoms with Crippen molar-refractivity contribution in [2.75, 3.05) is 6.61 Å². The Morgan fingerprint density at radius 3 is 2.19 bits per heavy atom. The van der Waals surface area contributed by atoms with Crippen molar-refractivity contribution in [2.45, 2.75) is 51.1 Å². The molecule has 1 aromatic carbocycles. The summed E-state index contributed by atoms with van der Waals surface area (Å²) in [6.07, 6.45) is -2.35. The zero-order valence-corrected chi connectivity index (χ0v) is 12.9. The van der Waals surface area contributed by atoms with Crippen molar-refractivity contribution in [3.8, 4) is 0 Å². The van der Waals surface area contributed by atoms with Crippen molar-refractivity contribution >= 4 is 12.6 Å². The van der Waals surface area contributed by atoms with Gasteiger partial charge < -0.3 is 24.6 Å². The maximum atomic E-state index is 9.97. The van der Waals surface area contributed by atoms with E-state index in [4.69, 9.17) is 14.4 Å². The molecule has 0 aromatic heterocycles. The van der Waals surface area contributed by atoms with Crippen molar-refractivity contribution in [1.82, 2.24) is 0 Å². The highest BCUT2D eigenvalue weighted by molar-refractivity contribution is 6.62. The van der Waals surface area contributed by atoms with Gasteiger partial charge in [0.25, 0.3) is 0 Å². The van der Waals surface area contributed by atoms with E-state index < -0.39 is 37.1 Å². The summed E-state index contributed by atoms with van der Waals surface area (Å²) in [5.74, 6) is 0. The van der Waals surface area contributed by atoms with Crippen LogP contribution in [0.4, 0.5) is 0 Å². The lowest BCUT2D eigenvalue weighted by Crippen LogP contribution is -2.41. The molecular weight excluding hydrogens is 271 g/mol. The van der Waals surface area contributed by atoms with Gasteiger partial charge in [0, 0.05) is 0 Å². The smallest absolute Gasteiger partial charge is 0.399 e. The van der Waals surface area contributed by atoms with Gasteiger partial charge in [-0.1, -0.05) is 24.3 Å². The minimum atomic E-state index is -1.21. The zero-order valence-electron chi connectivity index (χ0n) is 12.9. The van der Waals surface area contributed by atoms with Crippen LogP contribution in [0.1, 0.15) is 39.4 Å². The normalized spacial score (nSPS) is 23.1. The molecule has 0 amide bonds. The van der Waals surface area contributed by atoms with Crippen LogP contribution < -0.4 is 5.46 Å². The van der Waals surface area contributed by atoms with Crippen molar-refractivity contribution < 1.29 is 24.6 Å². The zero-order chi connectivity index (χ0) is 15.8. The predicted octanol–water partition coefficient (Wildman–Crippen LogP) is 0.372. The van der Waals surface area contributed by atoms with Gasteiger partial charge in [0.15, 0.2) is 0 Å². The van der Waals surface area contributed by atoms with E-state index in [9.17, 15) is 10.2 Å². The predicted molar refractivity (Wildman–Crippen MR) is 80.2 cm³/mol. The van der Waals surface area contributed by atoms with Crippen LogP contribution in [-0.2, 0) is 9.31 Å². The highest BCUT2D eigenvalue weighted by Crippen LogP contribution is 2.36. The van der Waals surface area contributed by atoms with Crippen LogP contribution in [0.2, 0.25) is 0 Å². The van der Waals surface area contributed by atoms with Crippen LogP contribution in [0.5, 0.6) is 0 Å². The monoisotopic (exact) mass is 294 g/mol. The lowest BCUT2D eigenvalue weighted by atomic mass is 9.78. The molecule has 2 atom stereocenters. The standard InChI is InChI=1S/C15H23BO5/c1-14(2)15(3,4)21-16(20-14)11-7-5-6-10(8-11)13(19)12(18)9-17/h5-8,12-13,17-19H,9H2,1-4H3. The molecule has 1 fully saturated rings. The van der Waals surface area contributed by atoms with Crippen molar-refractivity contribution in [2.24, 2.45) is 0 Å². The highest BCUT2D eigenvalue weighted by Gasteiger charge is 2.51. The Labute approximate surface area is 125 Å². The lowest BCUT2D eigenvalue weighted by molar-refractivity contribution is -0.0152. The summed E-state index contributed by atoms with van der Waals surface area (Å²) >= 11 is 0. The van der Waals surface area contributed by atoms with Crippen molar-refractivity contribution in [3.63, 3.8) is 0 Å². The first-order valence-corrected chi connectivity index (χ1v) is 7.10. The fourth-order valence-corrected chi connectivity index (χ4v) is 2.19. The fraction of sp³-hybridized carbons (Fsp3) is 0.600. The summed E-state index contributed by atoms with van der Waals surface area (Å²) in [4.78, 5) is 0. The Hall–Kier alpha value is -0.915. The molecule has 0 spiro atoms. The lowest BCUT2D eigenvalue weighted by Gasteiger charge is -2.32. The van der Waals surface area contributed by atoms with Gasteiger partial charge in [-0.2, -0.15) is 0 Å². The molecule has 0 bridgehead atoms. The largest absolute Gasteiger partial charge is 0.494 e. The summed E-state index contributed by atoms with van der Waals surface area (Å²) in [7, 11) is -0.520. The van der Waals surface area contributed by atoms with Gasteiger partial charge in [-0.25, -0.2) is 0 Å². The minimum Gasteiger partial charge on any atom is -0.399 e. The first-order valence-electron chi connectivity index (χ1n) is 7.10. The van der Waals surface area contributed by atoms with Gasteiger partial charge in [0.2, 0.25) is 0 Å². The molecule has 0 saturated carbocycles. The SMILES string of the molecule is CC1(C)OB(c2cccc(C(O)C(O)CO)c2)OC1(C)C. The molecule has 1 saturated heterocycles. The third kappa shape index (κ3) is 3.15. The van der Waals surface area contributed by atoms with Crippen LogP contribution in [0.25, 0.3) is 0 Å². The van der Waals surface area contributed by atoms with E-state index in [-0.39, 0.29) is 0 Å². The van der Waals surface area contributed by atoms with Gasteiger partial charge in [-0.15, -0.1) is 0 Å². The summed E-state index contributed by atoms with van der Waals surface area (Å²) in [5, 5.41) is 28.4. The maximum absolute atomic E-state index is 9.97. The molecular formula is C15H23BO5. The number of hydrogen-bond acceptors (Lipinski definition) is 5. The number of benzene rings is 1. The quantitative estimate of drug-likeness (QED) is 0.699. The molecule has 3 N–H and O–H groups in total. The third-order valence-electron chi connectivity index (χ3n) is 4.33. The first-order chi connectivity index (χ1) is 9.68. The molecule has 116 valence electrons. The Kier molecular flexibility index (Phi) is 4.47. The van der Waals surface area contributed by atoms with Gasteiger partial charge in [0.05, 0.1) is 17.8 Å². The average Bonchev–Trinajstić information content (AvgIpc) is 2.66. The second kappa shape index (κ2) is 5.70. The van der Waals surface area contributed by atoms with Crippen LogP contribution in [0, 0.1) is 0 Å². The summed E-state index contributed by atoms with van der Waals surface area (Å²) in [5.41, 5.74) is 0.424. The van der Waals surface area contributed by atoms with E-state index in [2.05, 4.69) is 0 Å². The summed E-state index contributed by atoms with van der Waals surface area (Å²) in [6, 6.07) is 7.04. The molecule has 2 rings (SSSR count). The second-order valence-corrected chi connectivity index (χ2v) is 6.45. The van der Waals surface area contributed by atoms with E-state index in [1.54, 1.807) is 18.2 Å². The molecule has 5 nitrogen and oxygen atoms in total. The highest BCUT2D eigenvalue weighted by atomic mass is 16.7. The van der Waals surface area contributed by atoms with Crippen LogP contribution >= 0.6 is 0 Å². The molecule has 6 heteroatoms. The fourth-order valence-electron chi connectivity index (χ4n) is 2.19. The molecule has 1 aliphatic rings. The summed E-state index contributed by atoms with van der Waals surface area (Å²) < 4.78 is 11.9. The number of rotatable bonds is 4. The van der Waals surface area contributed by atoms with Gasteiger partial charge in [0.1, 0.15) is 12.2 Å². The molecule has 2 unspecified atom stereocenters. The summed E-state index contributed by atoms with van der Waals surface area (Å²) in [6.45, 7) is 7.40. The average molecular weight is 294 g/mol. The van der Waals surface area contributed by atoms with E-state index in [0.29, 0.717) is 5.56 Å². The van der Waals surface area contributed by atoms with Crippen LogP contribution in [0.3, 0.4) is 0 Å². The number of hydrogen-bond donors (Lipinski definition) is 3. The first kappa shape index (κ1) is 16.5. The molecule has 1 heterocycles. The maximum Gasteiger partial charge on any atom is 0.494 e. The van der Waals surface area contributed by atoms with E-state index in [1.807, 2.05) is 33.8 Å². The Bertz CT molecular complexity index is 487. The van der Waals surface area contributed by atoms with E-state index in [0.717, 1.165) is 5.46 Å². The van der Waals surface area contributed by atoms with E-state index >= 15 is 0 Å². The van der Waals surface area contributed by atoms with Gasteiger partial charge in [-0.3, -0.25) is 0 Å². The van der Waals surface area contributed by atoms with Crippen LogP contribution in [-0.4, -0.2) is 46.4 Å². The van der Waals surface area contributed by atoms with Gasteiger partial charge >= 0.3 is 7.12 Å². The number of aliphatic hydroxyl groups is 3. The molecule has 0 radical (unpaired) electrons. The molecule has 1 aromatic rings. The molecule has 1 aliphatic heterocycles. The van der Waals surface area contributed by atoms with Crippen molar-refractivity contribution in [1.29, 1.82) is 0 Å². The van der Waals surface area contributed by atoms with Gasteiger partial charge in [-0.05, 0) is 38.7 Å². The van der Waals surface area contributed by atoms with Crippen LogP contribution in [0.15, 0.2) is 24.3 Å². The van der Waals surface area contributed by atoms with E-state index in [1.165, 1.54) is 0 Å². The Balaban J connectivity index is 2.23. The Morgan fingerprint density at radius 1 is 1.10 bits per heavy atom. The second-order valence-electron chi connectivity index (χ2n) is 6.45. The molecule has 0 aliphatic carbocycles. The topological polar surface area (TPSA) is 79.2 Å². The number of aliphatic hydroxyl groups excluding tert-OH is 3. The Morgan fingerprint density at radius 2 is 1.67 bits per heavy atom. The third-order valence-corrected chi connectivity index (χ3v) is 4.33. The van der Waals surface area contributed by atoms with Crippen molar-refractivity contribution in [3.05, 3.63) is 29.8 Å².